The molecule has 0 atom stereocenters. The average molecular weight is 466 g/mol. The molecule has 6 nitrogen and oxygen atoms in total. The molecule has 0 spiro atoms. The number of nitrogens with one attached hydrogen (secondary N) is 1. The maximum Gasteiger partial charge on any atom is 0.230 e. The van der Waals surface area contributed by atoms with Gasteiger partial charge in [-0.2, -0.15) is 0 Å². The Morgan fingerprint density at radius 3 is 2.76 bits per heavy atom. The predicted octanol–water partition coefficient (Wildman–Crippen LogP) is 4.65. The lowest BCUT2D eigenvalue weighted by atomic mass is 10.1. The summed E-state index contributed by atoms with van der Waals surface area (Å²) >= 11 is 1.44. The minimum Gasteiger partial charge on any atom is -0.494 e. The zero-order valence-electron chi connectivity index (χ0n) is 19.1. The molecule has 1 aromatic heterocycles. The molecule has 33 heavy (non-hydrogen) atoms. The van der Waals surface area contributed by atoms with E-state index in [1.165, 1.54) is 16.9 Å². The van der Waals surface area contributed by atoms with E-state index in [0.717, 1.165) is 68.3 Å². The molecule has 1 fully saturated rings. The van der Waals surface area contributed by atoms with E-state index in [-0.39, 0.29) is 12.3 Å². The van der Waals surface area contributed by atoms with Gasteiger partial charge < -0.3 is 14.8 Å². The van der Waals surface area contributed by atoms with Crippen LogP contribution in [0.25, 0.3) is 11.3 Å². The monoisotopic (exact) mass is 465 g/mol. The lowest BCUT2D eigenvalue weighted by Crippen LogP contribution is -2.37. The highest BCUT2D eigenvalue weighted by molar-refractivity contribution is 7.14. The first-order valence-electron chi connectivity index (χ1n) is 11.6. The van der Waals surface area contributed by atoms with Crippen LogP contribution in [-0.4, -0.2) is 55.2 Å². The Bertz CT molecular complexity index is 1030. The number of carbonyl (C=O) groups excluding carboxylic acids is 1. The Morgan fingerprint density at radius 1 is 1.15 bits per heavy atom. The first-order valence-corrected chi connectivity index (χ1v) is 12.4. The van der Waals surface area contributed by atoms with E-state index in [0.29, 0.717) is 11.7 Å². The summed E-state index contributed by atoms with van der Waals surface area (Å²) < 4.78 is 11.3. The van der Waals surface area contributed by atoms with Gasteiger partial charge in [-0.3, -0.25) is 9.69 Å². The highest BCUT2D eigenvalue weighted by atomic mass is 32.1. The first kappa shape index (κ1) is 23.4. The molecule has 0 radical (unpaired) electrons. The fourth-order valence-corrected chi connectivity index (χ4v) is 4.51. The fraction of sp³-hybridized carbons (Fsp3) is 0.385. The number of benzene rings is 2. The molecule has 3 aromatic rings. The highest BCUT2D eigenvalue weighted by Gasteiger charge is 2.11. The maximum atomic E-state index is 12.6. The van der Waals surface area contributed by atoms with E-state index in [2.05, 4.69) is 46.4 Å². The van der Waals surface area contributed by atoms with E-state index in [1.807, 2.05) is 29.6 Å². The average Bonchev–Trinajstić information content (AvgIpc) is 3.31. The van der Waals surface area contributed by atoms with Crippen LogP contribution in [0.15, 0.2) is 53.9 Å². The molecule has 0 aliphatic carbocycles. The number of thiazole rings is 1. The number of rotatable bonds is 10. The van der Waals surface area contributed by atoms with Crippen molar-refractivity contribution in [1.82, 2.24) is 9.88 Å². The van der Waals surface area contributed by atoms with Gasteiger partial charge in [-0.15, -0.1) is 11.3 Å². The van der Waals surface area contributed by atoms with Gasteiger partial charge in [0.25, 0.3) is 0 Å². The van der Waals surface area contributed by atoms with Crippen LogP contribution < -0.4 is 10.1 Å². The van der Waals surface area contributed by atoms with Gasteiger partial charge in [-0.05, 0) is 36.1 Å². The zero-order chi connectivity index (χ0) is 22.9. The van der Waals surface area contributed by atoms with Crippen LogP contribution in [0.5, 0.6) is 5.75 Å². The van der Waals surface area contributed by atoms with Gasteiger partial charge in [0.05, 0.1) is 31.9 Å². The Morgan fingerprint density at radius 2 is 1.97 bits per heavy atom. The number of aryl methyl sites for hydroxylation is 1. The number of carbonyl (C=O) groups is 1. The van der Waals surface area contributed by atoms with E-state index >= 15 is 0 Å². The van der Waals surface area contributed by atoms with E-state index in [1.54, 1.807) is 0 Å². The summed E-state index contributed by atoms with van der Waals surface area (Å²) in [6.07, 6.45) is 2.27. The van der Waals surface area contributed by atoms with Crippen LogP contribution in [0, 0.1) is 0 Å². The van der Waals surface area contributed by atoms with Crippen molar-refractivity contribution in [1.29, 1.82) is 0 Å². The van der Waals surface area contributed by atoms with Gasteiger partial charge in [0, 0.05) is 30.6 Å². The van der Waals surface area contributed by atoms with Gasteiger partial charge >= 0.3 is 0 Å². The summed E-state index contributed by atoms with van der Waals surface area (Å²) in [5, 5.41) is 5.51. The molecule has 1 saturated heterocycles. The topological polar surface area (TPSA) is 63.7 Å². The SMILES string of the molecule is CCc1ccc(-c2csc(NC(=O)Cc3cccc(OCCCN4CCOCC4)c3)n2)cc1. The third kappa shape index (κ3) is 7.12. The molecular weight excluding hydrogens is 434 g/mol. The Kier molecular flexibility index (Phi) is 8.47. The van der Waals surface area contributed by atoms with Crippen LogP contribution in [0.4, 0.5) is 5.13 Å². The first-order chi connectivity index (χ1) is 16.2. The minimum atomic E-state index is -0.0818. The second-order valence-electron chi connectivity index (χ2n) is 8.12. The van der Waals surface area contributed by atoms with Gasteiger partial charge in [0.1, 0.15) is 5.75 Å². The molecule has 0 saturated carbocycles. The lowest BCUT2D eigenvalue weighted by molar-refractivity contribution is -0.115. The van der Waals surface area contributed by atoms with Crippen molar-refractivity contribution >= 4 is 22.4 Å². The third-order valence-corrected chi connectivity index (χ3v) is 6.42. The van der Waals surface area contributed by atoms with Crippen LogP contribution in [0.1, 0.15) is 24.5 Å². The van der Waals surface area contributed by atoms with E-state index in [4.69, 9.17) is 9.47 Å². The van der Waals surface area contributed by atoms with Crippen molar-refractivity contribution in [3.8, 4) is 17.0 Å². The van der Waals surface area contributed by atoms with Crippen molar-refractivity contribution in [3.63, 3.8) is 0 Å². The summed E-state index contributed by atoms with van der Waals surface area (Å²) in [5.74, 6) is 0.719. The summed E-state index contributed by atoms with van der Waals surface area (Å²) in [6, 6.07) is 16.1. The molecule has 1 amide bonds. The van der Waals surface area contributed by atoms with Crippen molar-refractivity contribution in [3.05, 3.63) is 65.0 Å². The van der Waals surface area contributed by atoms with Crippen molar-refractivity contribution < 1.29 is 14.3 Å². The van der Waals surface area contributed by atoms with Gasteiger partial charge in [0.15, 0.2) is 5.13 Å². The predicted molar refractivity (Wildman–Crippen MR) is 133 cm³/mol. The van der Waals surface area contributed by atoms with Crippen LogP contribution in [0.3, 0.4) is 0 Å². The van der Waals surface area contributed by atoms with Crippen molar-refractivity contribution in [2.24, 2.45) is 0 Å². The molecule has 0 unspecified atom stereocenters. The molecule has 1 aliphatic rings. The number of anilines is 1. The van der Waals surface area contributed by atoms with Gasteiger partial charge in [0.2, 0.25) is 5.91 Å². The number of aromatic nitrogens is 1. The number of hydrogen-bond donors (Lipinski definition) is 1. The summed E-state index contributed by atoms with van der Waals surface area (Å²) in [4.78, 5) is 19.5. The molecular formula is C26H31N3O3S. The summed E-state index contributed by atoms with van der Waals surface area (Å²) in [7, 11) is 0. The molecule has 2 aromatic carbocycles. The largest absolute Gasteiger partial charge is 0.494 e. The molecule has 2 heterocycles. The van der Waals surface area contributed by atoms with Crippen LogP contribution in [0.2, 0.25) is 0 Å². The molecule has 174 valence electrons. The van der Waals surface area contributed by atoms with Crippen molar-refractivity contribution in [2.75, 3.05) is 44.8 Å². The number of amides is 1. The van der Waals surface area contributed by atoms with E-state index < -0.39 is 0 Å². The van der Waals surface area contributed by atoms with E-state index in [9.17, 15) is 4.79 Å². The number of nitrogens with zero attached hydrogens (tertiary/aromatic N) is 2. The zero-order valence-corrected chi connectivity index (χ0v) is 19.9. The fourth-order valence-electron chi connectivity index (χ4n) is 3.77. The smallest absolute Gasteiger partial charge is 0.230 e. The summed E-state index contributed by atoms with van der Waals surface area (Å²) in [6.45, 7) is 7.45. The molecule has 4 rings (SSSR count). The number of hydrogen-bond acceptors (Lipinski definition) is 6. The Labute approximate surface area is 199 Å². The standard InChI is InChI=1S/C26H31N3O3S/c1-2-20-7-9-22(10-8-20)24-19-33-26(27-24)28-25(30)18-21-5-3-6-23(17-21)32-14-4-11-29-12-15-31-16-13-29/h3,5-10,17,19H,2,4,11-16,18H2,1H3,(H,27,28,30). The Balaban J connectivity index is 1.24. The van der Waals surface area contributed by atoms with Gasteiger partial charge in [-0.25, -0.2) is 4.98 Å². The highest BCUT2D eigenvalue weighted by Crippen LogP contribution is 2.25. The Hall–Kier alpha value is -2.74. The maximum absolute atomic E-state index is 12.6. The second kappa shape index (κ2) is 11.9. The van der Waals surface area contributed by atoms with Crippen molar-refractivity contribution in [2.45, 2.75) is 26.2 Å². The number of ether oxygens (including phenoxy) is 2. The quantitative estimate of drug-likeness (QED) is 0.442. The van der Waals surface area contributed by atoms with Crippen LogP contribution >= 0.6 is 11.3 Å². The second-order valence-corrected chi connectivity index (χ2v) is 8.97. The lowest BCUT2D eigenvalue weighted by Gasteiger charge is -2.26. The molecule has 7 heteroatoms. The molecule has 1 aliphatic heterocycles. The molecule has 0 bridgehead atoms. The van der Waals surface area contributed by atoms with Crippen LogP contribution in [-0.2, 0) is 22.4 Å². The minimum absolute atomic E-state index is 0.0818. The number of morpholine rings is 1. The van der Waals surface area contributed by atoms with Gasteiger partial charge in [-0.1, -0.05) is 43.3 Å². The molecule has 1 N–H and O–H groups in total. The normalized spacial score (nSPS) is 14.2. The third-order valence-electron chi connectivity index (χ3n) is 5.66. The summed E-state index contributed by atoms with van der Waals surface area (Å²) in [5.41, 5.74) is 4.16.